The molecule has 2 aromatic carbocycles. The van der Waals surface area contributed by atoms with Gasteiger partial charge in [-0.1, -0.05) is 12.1 Å². The number of carbonyl (C=O) groups is 2. The fourth-order valence-electron chi connectivity index (χ4n) is 3.07. The van der Waals surface area contributed by atoms with Crippen molar-refractivity contribution in [3.63, 3.8) is 0 Å². The summed E-state index contributed by atoms with van der Waals surface area (Å²) in [6.07, 6.45) is 0.547. The number of imide groups is 1. The Morgan fingerprint density at radius 2 is 1.69 bits per heavy atom. The fourth-order valence-corrected chi connectivity index (χ4v) is 3.07. The summed E-state index contributed by atoms with van der Waals surface area (Å²) in [5, 5.41) is 3.00. The largest absolute Gasteiger partial charge is 0.497 e. The van der Waals surface area contributed by atoms with E-state index in [0.717, 1.165) is 0 Å². The van der Waals surface area contributed by atoms with Gasteiger partial charge in [0.1, 0.15) is 17.3 Å². The maximum Gasteiger partial charge on any atom is 0.278 e. The Labute approximate surface area is 168 Å². The highest BCUT2D eigenvalue weighted by atomic mass is 19.1. The van der Waals surface area contributed by atoms with Crippen LogP contribution >= 0.6 is 0 Å². The summed E-state index contributed by atoms with van der Waals surface area (Å²) in [7, 11) is 1.56. The van der Waals surface area contributed by atoms with Crippen LogP contribution in [-0.4, -0.2) is 43.6 Å². The molecular formula is C22H23FN2O4. The first-order valence-electron chi connectivity index (χ1n) is 9.40. The summed E-state index contributed by atoms with van der Waals surface area (Å²) in [6, 6.07) is 12.5. The Bertz CT molecular complexity index is 907. The molecule has 1 heterocycles. The molecule has 1 N–H and O–H groups in total. The van der Waals surface area contributed by atoms with E-state index >= 15 is 0 Å². The average molecular weight is 398 g/mol. The molecule has 0 spiro atoms. The van der Waals surface area contributed by atoms with E-state index in [-0.39, 0.29) is 29.5 Å². The molecule has 0 fully saturated rings. The summed E-state index contributed by atoms with van der Waals surface area (Å²) in [6.45, 7) is 3.19. The summed E-state index contributed by atoms with van der Waals surface area (Å²) in [5.74, 6) is -0.526. The van der Waals surface area contributed by atoms with E-state index in [1.54, 1.807) is 31.4 Å². The van der Waals surface area contributed by atoms with Crippen LogP contribution in [-0.2, 0) is 14.3 Å². The molecule has 0 aromatic heterocycles. The fraction of sp³-hybridized carbons (Fsp3) is 0.273. The van der Waals surface area contributed by atoms with Crippen molar-refractivity contribution in [2.24, 2.45) is 0 Å². The van der Waals surface area contributed by atoms with E-state index in [1.165, 1.54) is 29.2 Å². The van der Waals surface area contributed by atoms with Crippen molar-refractivity contribution in [2.75, 3.05) is 32.2 Å². The Hall–Kier alpha value is -3.19. The number of anilines is 1. The van der Waals surface area contributed by atoms with Gasteiger partial charge in [-0.05, 0) is 55.3 Å². The number of ether oxygens (including phenoxy) is 2. The zero-order chi connectivity index (χ0) is 20.8. The number of hydrogen-bond donors (Lipinski definition) is 1. The molecule has 7 heteroatoms. The Kier molecular flexibility index (Phi) is 6.61. The van der Waals surface area contributed by atoms with Gasteiger partial charge in [0.15, 0.2) is 0 Å². The molecular weight excluding hydrogens is 375 g/mol. The molecule has 152 valence electrons. The number of benzene rings is 2. The molecule has 1 aliphatic heterocycles. The number of carbonyl (C=O) groups excluding carboxylic acids is 2. The minimum atomic E-state index is -0.415. The Balaban J connectivity index is 1.92. The summed E-state index contributed by atoms with van der Waals surface area (Å²) in [5.41, 5.74) is 1.56. The molecule has 0 unspecified atom stereocenters. The van der Waals surface area contributed by atoms with Crippen LogP contribution in [0.4, 0.5) is 10.1 Å². The summed E-state index contributed by atoms with van der Waals surface area (Å²) < 4.78 is 23.7. The SMILES string of the molecule is CCOCCCN1C(=O)C(Nc2ccc(F)cc2)=C(c2ccc(OC)cc2)C1=O. The zero-order valence-electron chi connectivity index (χ0n) is 16.4. The van der Waals surface area contributed by atoms with E-state index in [2.05, 4.69) is 5.32 Å². The van der Waals surface area contributed by atoms with Crippen LogP contribution in [0.2, 0.25) is 0 Å². The lowest BCUT2D eigenvalue weighted by Gasteiger charge is -2.15. The number of halogens is 1. The van der Waals surface area contributed by atoms with E-state index in [4.69, 9.17) is 9.47 Å². The lowest BCUT2D eigenvalue weighted by atomic mass is 10.0. The molecule has 29 heavy (non-hydrogen) atoms. The zero-order valence-corrected chi connectivity index (χ0v) is 16.4. The quantitative estimate of drug-likeness (QED) is 0.518. The lowest BCUT2D eigenvalue weighted by Crippen LogP contribution is -2.34. The van der Waals surface area contributed by atoms with Crippen molar-refractivity contribution in [2.45, 2.75) is 13.3 Å². The first kappa shape index (κ1) is 20.5. The molecule has 0 aliphatic carbocycles. The molecule has 1 aliphatic rings. The maximum absolute atomic E-state index is 13.2. The smallest absolute Gasteiger partial charge is 0.278 e. The van der Waals surface area contributed by atoms with Gasteiger partial charge < -0.3 is 14.8 Å². The standard InChI is InChI=1S/C22H23FN2O4/c1-3-29-14-4-13-25-21(26)19(15-5-11-18(28-2)12-6-15)20(22(25)27)24-17-9-7-16(23)8-10-17/h5-12,24H,3-4,13-14H2,1-2H3. The van der Waals surface area contributed by atoms with E-state index in [9.17, 15) is 14.0 Å². The summed E-state index contributed by atoms with van der Waals surface area (Å²) in [4.78, 5) is 27.3. The molecule has 3 rings (SSSR count). The van der Waals surface area contributed by atoms with Gasteiger partial charge in [-0.3, -0.25) is 14.5 Å². The first-order valence-corrected chi connectivity index (χ1v) is 9.40. The number of amides is 2. The van der Waals surface area contributed by atoms with Gasteiger partial charge in [-0.15, -0.1) is 0 Å². The minimum absolute atomic E-state index is 0.170. The van der Waals surface area contributed by atoms with Crippen LogP contribution < -0.4 is 10.1 Å². The number of rotatable bonds is 9. The van der Waals surface area contributed by atoms with Crippen LogP contribution in [0.5, 0.6) is 5.75 Å². The molecule has 2 amide bonds. The van der Waals surface area contributed by atoms with Crippen molar-refractivity contribution in [3.8, 4) is 5.75 Å². The second-order valence-electron chi connectivity index (χ2n) is 6.42. The molecule has 2 aromatic rings. The molecule has 0 radical (unpaired) electrons. The molecule has 6 nitrogen and oxygen atoms in total. The third-order valence-electron chi connectivity index (χ3n) is 4.53. The van der Waals surface area contributed by atoms with Crippen molar-refractivity contribution in [3.05, 3.63) is 65.6 Å². The average Bonchev–Trinajstić information content (AvgIpc) is 2.97. The van der Waals surface area contributed by atoms with Crippen LogP contribution in [0.1, 0.15) is 18.9 Å². The highest BCUT2D eigenvalue weighted by molar-refractivity contribution is 6.36. The van der Waals surface area contributed by atoms with E-state index in [1.807, 2.05) is 6.92 Å². The van der Waals surface area contributed by atoms with E-state index in [0.29, 0.717) is 36.6 Å². The maximum atomic E-state index is 13.2. The topological polar surface area (TPSA) is 67.9 Å². The van der Waals surface area contributed by atoms with Crippen LogP contribution in [0.25, 0.3) is 5.57 Å². The van der Waals surface area contributed by atoms with Crippen molar-refractivity contribution < 1.29 is 23.5 Å². The van der Waals surface area contributed by atoms with Gasteiger partial charge in [0.25, 0.3) is 11.8 Å². The van der Waals surface area contributed by atoms with Gasteiger partial charge in [0.05, 0.1) is 12.7 Å². The molecule has 0 bridgehead atoms. The third-order valence-corrected chi connectivity index (χ3v) is 4.53. The first-order chi connectivity index (χ1) is 14.0. The van der Waals surface area contributed by atoms with Crippen molar-refractivity contribution in [1.82, 2.24) is 4.90 Å². The monoisotopic (exact) mass is 398 g/mol. The van der Waals surface area contributed by atoms with Gasteiger partial charge in [0.2, 0.25) is 0 Å². The number of methoxy groups -OCH3 is 1. The second-order valence-corrected chi connectivity index (χ2v) is 6.42. The van der Waals surface area contributed by atoms with Gasteiger partial charge >= 0.3 is 0 Å². The predicted octanol–water partition coefficient (Wildman–Crippen LogP) is 3.45. The number of hydrogen-bond acceptors (Lipinski definition) is 5. The Morgan fingerprint density at radius 3 is 2.31 bits per heavy atom. The van der Waals surface area contributed by atoms with Crippen molar-refractivity contribution >= 4 is 23.1 Å². The van der Waals surface area contributed by atoms with E-state index < -0.39 is 5.91 Å². The van der Waals surface area contributed by atoms with Gasteiger partial charge in [0, 0.05) is 25.4 Å². The number of nitrogens with zero attached hydrogens (tertiary/aromatic N) is 1. The van der Waals surface area contributed by atoms with Gasteiger partial charge in [-0.25, -0.2) is 4.39 Å². The van der Waals surface area contributed by atoms with Crippen molar-refractivity contribution in [1.29, 1.82) is 0 Å². The highest BCUT2D eigenvalue weighted by Crippen LogP contribution is 2.31. The molecule has 0 saturated heterocycles. The second kappa shape index (κ2) is 9.34. The van der Waals surface area contributed by atoms with Crippen LogP contribution in [0.15, 0.2) is 54.2 Å². The summed E-state index contributed by atoms with van der Waals surface area (Å²) >= 11 is 0. The lowest BCUT2D eigenvalue weighted by molar-refractivity contribution is -0.137. The predicted molar refractivity (Wildman–Crippen MR) is 108 cm³/mol. The number of nitrogens with one attached hydrogen (secondary N) is 1. The highest BCUT2D eigenvalue weighted by Gasteiger charge is 2.38. The normalized spacial score (nSPS) is 14.0. The third kappa shape index (κ3) is 4.63. The van der Waals surface area contributed by atoms with Crippen LogP contribution in [0.3, 0.4) is 0 Å². The minimum Gasteiger partial charge on any atom is -0.497 e. The van der Waals surface area contributed by atoms with Gasteiger partial charge in [-0.2, -0.15) is 0 Å². The molecule has 0 saturated carbocycles. The Morgan fingerprint density at radius 1 is 1.00 bits per heavy atom. The van der Waals surface area contributed by atoms with Crippen LogP contribution in [0, 0.1) is 5.82 Å². The molecule has 0 atom stereocenters.